The summed E-state index contributed by atoms with van der Waals surface area (Å²) in [5.41, 5.74) is 5.42. The standard InChI is InChI=1S/C23H25BrN4O/c24-19(9-15-4-2-1-3-5-15)14-25-28-22(29)20-10-21(27-26-20)23-11-16-6-17(12-23)8-18(7-16)13-23/h1-5,9-10,14,16-18H,6-8,11-13H2,(H,26,27)(H,28,29)/b19-9+,25-14-. The SMILES string of the molecule is O=C(N/N=C\C(Br)=C/c1ccccc1)c1cc(C23CC4CC(CC(C4)C2)C3)[nH]n1. The molecule has 2 aromatic rings. The number of H-pyrrole nitrogens is 1. The van der Waals surface area contributed by atoms with Crippen molar-refractivity contribution in [3.05, 3.63) is 57.8 Å². The Balaban J connectivity index is 1.24. The fourth-order valence-electron chi connectivity index (χ4n) is 6.11. The van der Waals surface area contributed by atoms with Gasteiger partial charge in [-0.2, -0.15) is 10.2 Å². The van der Waals surface area contributed by atoms with Crippen LogP contribution < -0.4 is 5.43 Å². The molecule has 6 heteroatoms. The Labute approximate surface area is 179 Å². The van der Waals surface area contributed by atoms with Gasteiger partial charge in [0, 0.05) is 15.6 Å². The first-order chi connectivity index (χ1) is 14.1. The lowest BCUT2D eigenvalue weighted by atomic mass is 9.49. The maximum Gasteiger partial charge on any atom is 0.291 e. The van der Waals surface area contributed by atoms with E-state index in [9.17, 15) is 4.79 Å². The number of hydrazone groups is 1. The number of amides is 1. The van der Waals surface area contributed by atoms with Gasteiger partial charge in [0.15, 0.2) is 5.69 Å². The minimum Gasteiger partial charge on any atom is -0.281 e. The third-order valence-corrected chi connectivity index (χ3v) is 7.31. The van der Waals surface area contributed by atoms with Gasteiger partial charge in [0.2, 0.25) is 0 Å². The lowest BCUT2D eigenvalue weighted by Crippen LogP contribution is -2.48. The lowest BCUT2D eigenvalue weighted by molar-refractivity contribution is -0.00721. The van der Waals surface area contributed by atoms with Crippen molar-refractivity contribution >= 4 is 34.1 Å². The average Bonchev–Trinajstić information content (AvgIpc) is 3.19. The van der Waals surface area contributed by atoms with Gasteiger partial charge in [-0.1, -0.05) is 30.3 Å². The van der Waals surface area contributed by atoms with E-state index < -0.39 is 0 Å². The van der Waals surface area contributed by atoms with E-state index in [1.807, 2.05) is 42.5 Å². The van der Waals surface area contributed by atoms with E-state index in [1.54, 1.807) is 6.21 Å². The van der Waals surface area contributed by atoms with E-state index in [0.717, 1.165) is 33.5 Å². The van der Waals surface area contributed by atoms with Gasteiger partial charge in [-0.25, -0.2) is 5.43 Å². The van der Waals surface area contributed by atoms with Gasteiger partial charge in [-0.15, -0.1) is 0 Å². The minimum absolute atomic E-state index is 0.213. The molecule has 6 rings (SSSR count). The van der Waals surface area contributed by atoms with E-state index in [1.165, 1.54) is 38.5 Å². The molecule has 1 aromatic carbocycles. The average molecular weight is 453 g/mol. The topological polar surface area (TPSA) is 70.1 Å². The molecule has 1 aromatic heterocycles. The van der Waals surface area contributed by atoms with E-state index >= 15 is 0 Å². The zero-order valence-electron chi connectivity index (χ0n) is 16.3. The van der Waals surface area contributed by atoms with Crippen LogP contribution in [0.2, 0.25) is 0 Å². The van der Waals surface area contributed by atoms with Crippen LogP contribution in [-0.2, 0) is 5.41 Å². The van der Waals surface area contributed by atoms with Gasteiger partial charge in [-0.3, -0.25) is 9.89 Å². The highest BCUT2D eigenvalue weighted by Gasteiger charge is 2.52. The summed E-state index contributed by atoms with van der Waals surface area (Å²) >= 11 is 3.45. The summed E-state index contributed by atoms with van der Waals surface area (Å²) in [5, 5.41) is 11.5. The molecule has 4 bridgehead atoms. The highest BCUT2D eigenvalue weighted by Crippen LogP contribution is 2.60. The maximum absolute atomic E-state index is 12.5. The Morgan fingerprint density at radius 1 is 1.14 bits per heavy atom. The molecule has 4 saturated carbocycles. The fourth-order valence-corrected chi connectivity index (χ4v) is 6.47. The summed E-state index contributed by atoms with van der Waals surface area (Å²) in [7, 11) is 0. The van der Waals surface area contributed by atoms with Crippen LogP contribution in [0, 0.1) is 17.8 Å². The third-order valence-electron chi connectivity index (χ3n) is 6.88. The number of aromatic nitrogens is 2. The Hall–Kier alpha value is -2.21. The lowest BCUT2D eigenvalue weighted by Gasteiger charge is -2.56. The summed E-state index contributed by atoms with van der Waals surface area (Å²) in [4.78, 5) is 12.5. The predicted molar refractivity (Wildman–Crippen MR) is 118 cm³/mol. The van der Waals surface area contributed by atoms with Crippen molar-refractivity contribution in [1.29, 1.82) is 0 Å². The normalized spacial score (nSPS) is 30.8. The monoisotopic (exact) mass is 452 g/mol. The molecule has 0 saturated heterocycles. The third kappa shape index (κ3) is 3.82. The van der Waals surface area contributed by atoms with Crippen molar-refractivity contribution < 1.29 is 4.79 Å². The van der Waals surface area contributed by atoms with Crippen LogP contribution in [0.1, 0.15) is 60.3 Å². The number of hydrogen-bond acceptors (Lipinski definition) is 3. The number of allylic oxidation sites excluding steroid dienone is 1. The van der Waals surface area contributed by atoms with Crippen LogP contribution in [-0.4, -0.2) is 22.3 Å². The van der Waals surface area contributed by atoms with E-state index in [4.69, 9.17) is 0 Å². The first kappa shape index (κ1) is 18.8. The number of nitrogens with one attached hydrogen (secondary N) is 2. The van der Waals surface area contributed by atoms with Gasteiger partial charge in [0.1, 0.15) is 0 Å². The first-order valence-electron chi connectivity index (χ1n) is 10.4. The molecule has 0 aliphatic heterocycles. The molecule has 0 atom stereocenters. The largest absolute Gasteiger partial charge is 0.291 e. The number of hydrogen-bond donors (Lipinski definition) is 2. The molecule has 1 heterocycles. The van der Waals surface area contributed by atoms with Crippen LogP contribution in [0.4, 0.5) is 0 Å². The van der Waals surface area contributed by atoms with Crippen LogP contribution in [0.15, 0.2) is 46.0 Å². The molecule has 0 radical (unpaired) electrons. The van der Waals surface area contributed by atoms with Crippen LogP contribution >= 0.6 is 15.9 Å². The minimum atomic E-state index is -0.284. The second-order valence-electron chi connectivity index (χ2n) is 9.00. The number of nitrogens with zero attached hydrogens (tertiary/aromatic N) is 2. The Bertz CT molecular complexity index is 927. The molecule has 1 amide bonds. The zero-order valence-corrected chi connectivity index (χ0v) is 17.9. The Kier molecular flexibility index (Phi) is 4.90. The van der Waals surface area contributed by atoms with Crippen LogP contribution in [0.3, 0.4) is 0 Å². The number of carbonyl (C=O) groups excluding carboxylic acids is 1. The van der Waals surface area contributed by atoms with Gasteiger partial charge in [0.05, 0.1) is 6.21 Å². The van der Waals surface area contributed by atoms with Crippen molar-refractivity contribution in [3.8, 4) is 0 Å². The van der Waals surface area contributed by atoms with E-state index in [2.05, 4.69) is 36.7 Å². The van der Waals surface area contributed by atoms with Crippen molar-refractivity contribution in [1.82, 2.24) is 15.6 Å². The maximum atomic E-state index is 12.5. The zero-order chi connectivity index (χ0) is 19.8. The van der Waals surface area contributed by atoms with Gasteiger partial charge >= 0.3 is 0 Å². The summed E-state index contributed by atoms with van der Waals surface area (Å²) in [6.07, 6.45) is 11.5. The molecular formula is C23H25BrN4O. The van der Waals surface area contributed by atoms with Crippen LogP contribution in [0.5, 0.6) is 0 Å². The smallest absolute Gasteiger partial charge is 0.281 e. The van der Waals surface area contributed by atoms with Crippen molar-refractivity contribution in [2.45, 2.75) is 43.9 Å². The molecule has 0 spiro atoms. The summed E-state index contributed by atoms with van der Waals surface area (Å²) < 4.78 is 0.778. The summed E-state index contributed by atoms with van der Waals surface area (Å²) in [5.74, 6) is 2.30. The number of benzene rings is 1. The summed E-state index contributed by atoms with van der Waals surface area (Å²) in [6, 6.07) is 11.9. The van der Waals surface area contributed by atoms with Gasteiger partial charge < -0.3 is 0 Å². The Morgan fingerprint density at radius 2 is 1.79 bits per heavy atom. The number of halogens is 1. The second kappa shape index (κ2) is 7.56. The molecule has 150 valence electrons. The number of rotatable bonds is 5. The van der Waals surface area contributed by atoms with Gasteiger partial charge in [-0.05, 0) is 89.9 Å². The molecule has 29 heavy (non-hydrogen) atoms. The van der Waals surface area contributed by atoms with Crippen molar-refractivity contribution in [2.75, 3.05) is 0 Å². The predicted octanol–water partition coefficient (Wildman–Crippen LogP) is 5.03. The molecule has 4 aliphatic rings. The fraction of sp³-hybridized carbons (Fsp3) is 0.435. The summed E-state index contributed by atoms with van der Waals surface area (Å²) in [6.45, 7) is 0. The highest BCUT2D eigenvalue weighted by molar-refractivity contribution is 9.12. The quantitative estimate of drug-likeness (QED) is 0.493. The van der Waals surface area contributed by atoms with Crippen molar-refractivity contribution in [3.63, 3.8) is 0 Å². The number of aromatic amines is 1. The molecule has 2 N–H and O–H groups in total. The molecular weight excluding hydrogens is 428 g/mol. The molecule has 4 fully saturated rings. The van der Waals surface area contributed by atoms with Crippen LogP contribution in [0.25, 0.3) is 6.08 Å². The molecule has 5 nitrogen and oxygen atoms in total. The Morgan fingerprint density at radius 3 is 2.45 bits per heavy atom. The van der Waals surface area contributed by atoms with Crippen molar-refractivity contribution in [2.24, 2.45) is 22.9 Å². The van der Waals surface area contributed by atoms with E-state index in [0.29, 0.717) is 5.69 Å². The van der Waals surface area contributed by atoms with Gasteiger partial charge in [0.25, 0.3) is 5.91 Å². The first-order valence-corrected chi connectivity index (χ1v) is 11.2. The highest BCUT2D eigenvalue weighted by atomic mass is 79.9. The molecule has 4 aliphatic carbocycles. The second-order valence-corrected chi connectivity index (χ2v) is 9.92. The van der Waals surface area contributed by atoms with E-state index in [-0.39, 0.29) is 11.3 Å². The molecule has 0 unspecified atom stereocenters. The number of carbonyl (C=O) groups is 1.